The largest absolute Gasteiger partial charge is 0.388 e. The molecule has 0 saturated carbocycles. The Morgan fingerprint density at radius 2 is 1.75 bits per heavy atom. The van der Waals surface area contributed by atoms with E-state index in [1.165, 1.54) is 5.56 Å². The average Bonchev–Trinajstić information content (AvgIpc) is 2.38. The van der Waals surface area contributed by atoms with E-state index >= 15 is 0 Å². The summed E-state index contributed by atoms with van der Waals surface area (Å²) < 4.78 is 0. The molecule has 0 aliphatic rings. The van der Waals surface area contributed by atoms with Gasteiger partial charge in [0.25, 0.3) is 0 Å². The van der Waals surface area contributed by atoms with E-state index in [0.29, 0.717) is 6.42 Å². The van der Waals surface area contributed by atoms with Crippen LogP contribution in [0.15, 0.2) is 42.7 Å². The van der Waals surface area contributed by atoms with Crippen molar-refractivity contribution >= 4 is 0 Å². The summed E-state index contributed by atoms with van der Waals surface area (Å²) in [6.45, 7) is 8.60. The van der Waals surface area contributed by atoms with Crippen molar-refractivity contribution in [1.82, 2.24) is 4.98 Å². The van der Waals surface area contributed by atoms with Crippen molar-refractivity contribution < 1.29 is 5.11 Å². The molecule has 106 valence electrons. The summed E-state index contributed by atoms with van der Waals surface area (Å²) in [4.78, 5) is 4.06. The highest BCUT2D eigenvalue weighted by molar-refractivity contribution is 5.30. The molecular formula is C18H23NO. The quantitative estimate of drug-likeness (QED) is 0.914. The number of hydrogen-bond acceptors (Lipinski definition) is 2. The van der Waals surface area contributed by atoms with Gasteiger partial charge in [-0.2, -0.15) is 0 Å². The number of rotatable bonds is 3. The fourth-order valence-corrected chi connectivity index (χ4v) is 2.33. The number of benzene rings is 1. The third-order valence-corrected chi connectivity index (χ3v) is 3.67. The van der Waals surface area contributed by atoms with Crippen molar-refractivity contribution in [2.45, 2.75) is 45.6 Å². The lowest BCUT2D eigenvalue weighted by Crippen LogP contribution is -2.11. The Hall–Kier alpha value is -1.67. The van der Waals surface area contributed by atoms with Crippen LogP contribution in [0.1, 0.15) is 49.1 Å². The summed E-state index contributed by atoms with van der Waals surface area (Å²) in [5.41, 5.74) is 4.63. The molecule has 2 rings (SSSR count). The van der Waals surface area contributed by atoms with Crippen molar-refractivity contribution in [1.29, 1.82) is 0 Å². The van der Waals surface area contributed by atoms with E-state index in [2.05, 4.69) is 50.0 Å². The van der Waals surface area contributed by atoms with Crippen LogP contribution in [0.2, 0.25) is 0 Å². The van der Waals surface area contributed by atoms with Crippen molar-refractivity contribution in [3.8, 4) is 0 Å². The maximum Gasteiger partial charge on any atom is 0.0834 e. The van der Waals surface area contributed by atoms with Gasteiger partial charge in [0.15, 0.2) is 0 Å². The fourth-order valence-electron chi connectivity index (χ4n) is 2.33. The Morgan fingerprint density at radius 3 is 2.30 bits per heavy atom. The van der Waals surface area contributed by atoms with Crippen LogP contribution in [-0.2, 0) is 11.8 Å². The molecule has 0 aliphatic carbocycles. The molecule has 1 aromatic heterocycles. The van der Waals surface area contributed by atoms with Gasteiger partial charge in [0.2, 0.25) is 0 Å². The Kier molecular flexibility index (Phi) is 4.24. The smallest absolute Gasteiger partial charge is 0.0834 e. The molecule has 0 fully saturated rings. The topological polar surface area (TPSA) is 33.1 Å². The highest BCUT2D eigenvalue weighted by Crippen LogP contribution is 2.25. The van der Waals surface area contributed by atoms with Gasteiger partial charge in [-0.1, -0.05) is 45.0 Å². The SMILES string of the molecule is Cc1cnccc1C(O)Cc1ccc(C(C)(C)C)cc1. The Bertz CT molecular complexity index is 567. The van der Waals surface area contributed by atoms with Crippen LogP contribution in [0.4, 0.5) is 0 Å². The predicted molar refractivity (Wildman–Crippen MR) is 82.8 cm³/mol. The van der Waals surface area contributed by atoms with Gasteiger partial charge in [-0.25, -0.2) is 0 Å². The van der Waals surface area contributed by atoms with Gasteiger partial charge in [-0.3, -0.25) is 4.98 Å². The third-order valence-electron chi connectivity index (χ3n) is 3.67. The van der Waals surface area contributed by atoms with Gasteiger partial charge in [0, 0.05) is 18.8 Å². The first kappa shape index (κ1) is 14.7. The minimum absolute atomic E-state index is 0.166. The molecule has 1 unspecified atom stereocenters. The van der Waals surface area contributed by atoms with E-state index in [-0.39, 0.29) is 5.41 Å². The van der Waals surface area contributed by atoms with Crippen LogP contribution in [0, 0.1) is 6.92 Å². The molecule has 2 aromatic rings. The summed E-state index contributed by atoms with van der Waals surface area (Å²) in [6, 6.07) is 10.4. The molecule has 0 radical (unpaired) electrons. The van der Waals surface area contributed by atoms with Gasteiger partial charge in [0.1, 0.15) is 0 Å². The van der Waals surface area contributed by atoms with E-state index < -0.39 is 6.10 Å². The molecule has 1 atom stereocenters. The zero-order valence-corrected chi connectivity index (χ0v) is 12.7. The van der Waals surface area contributed by atoms with Crippen molar-refractivity contribution in [3.05, 3.63) is 65.0 Å². The molecule has 2 heteroatoms. The molecule has 1 N–H and O–H groups in total. The normalized spacial score (nSPS) is 13.2. The summed E-state index contributed by atoms with van der Waals surface area (Å²) in [6.07, 6.45) is 3.68. The number of hydrogen-bond donors (Lipinski definition) is 1. The second-order valence-corrected chi connectivity index (χ2v) is 6.40. The molecule has 1 aromatic carbocycles. The summed E-state index contributed by atoms with van der Waals surface area (Å²) in [5.74, 6) is 0. The molecular weight excluding hydrogens is 246 g/mol. The van der Waals surface area contributed by atoms with Crippen molar-refractivity contribution in [2.75, 3.05) is 0 Å². The minimum atomic E-state index is -0.474. The maximum atomic E-state index is 10.4. The minimum Gasteiger partial charge on any atom is -0.388 e. The highest BCUT2D eigenvalue weighted by atomic mass is 16.3. The number of aliphatic hydroxyl groups is 1. The lowest BCUT2D eigenvalue weighted by atomic mass is 9.86. The first-order valence-electron chi connectivity index (χ1n) is 7.06. The van der Waals surface area contributed by atoms with Crippen LogP contribution < -0.4 is 0 Å². The van der Waals surface area contributed by atoms with Gasteiger partial charge < -0.3 is 5.11 Å². The van der Waals surface area contributed by atoms with Crippen molar-refractivity contribution in [2.24, 2.45) is 0 Å². The van der Waals surface area contributed by atoms with Crippen LogP contribution in [0.3, 0.4) is 0 Å². The lowest BCUT2D eigenvalue weighted by molar-refractivity contribution is 0.177. The fraction of sp³-hybridized carbons (Fsp3) is 0.389. The van der Waals surface area contributed by atoms with Gasteiger partial charge in [-0.15, -0.1) is 0 Å². The molecule has 0 amide bonds. The number of aryl methyl sites for hydroxylation is 1. The van der Waals surface area contributed by atoms with Crippen LogP contribution in [0.5, 0.6) is 0 Å². The van der Waals surface area contributed by atoms with Gasteiger partial charge in [-0.05, 0) is 40.7 Å². The number of aromatic nitrogens is 1. The zero-order chi connectivity index (χ0) is 14.8. The molecule has 0 bridgehead atoms. The monoisotopic (exact) mass is 269 g/mol. The Balaban J connectivity index is 2.13. The number of aliphatic hydroxyl groups excluding tert-OH is 1. The third kappa shape index (κ3) is 3.45. The van der Waals surface area contributed by atoms with Crippen LogP contribution in [0.25, 0.3) is 0 Å². The van der Waals surface area contributed by atoms with Crippen LogP contribution in [-0.4, -0.2) is 10.1 Å². The first-order valence-corrected chi connectivity index (χ1v) is 7.06. The van der Waals surface area contributed by atoms with E-state index in [0.717, 1.165) is 16.7 Å². The predicted octanol–water partition coefficient (Wildman–Crippen LogP) is 3.96. The number of pyridine rings is 1. The summed E-state index contributed by atoms with van der Waals surface area (Å²) in [7, 11) is 0. The molecule has 0 saturated heterocycles. The van der Waals surface area contributed by atoms with Crippen molar-refractivity contribution in [3.63, 3.8) is 0 Å². The molecule has 1 heterocycles. The van der Waals surface area contributed by atoms with E-state index in [1.54, 1.807) is 12.4 Å². The van der Waals surface area contributed by atoms with E-state index in [4.69, 9.17) is 0 Å². The second-order valence-electron chi connectivity index (χ2n) is 6.40. The molecule has 2 nitrogen and oxygen atoms in total. The highest BCUT2D eigenvalue weighted by Gasteiger charge is 2.14. The zero-order valence-electron chi connectivity index (χ0n) is 12.7. The average molecular weight is 269 g/mol. The number of nitrogens with zero attached hydrogens (tertiary/aromatic N) is 1. The molecule has 0 spiro atoms. The van der Waals surface area contributed by atoms with E-state index in [1.807, 2.05) is 13.0 Å². The first-order chi connectivity index (χ1) is 9.38. The Labute approximate surface area is 121 Å². The Morgan fingerprint density at radius 1 is 1.10 bits per heavy atom. The second kappa shape index (κ2) is 5.76. The summed E-state index contributed by atoms with van der Waals surface area (Å²) in [5, 5.41) is 10.4. The molecule has 20 heavy (non-hydrogen) atoms. The standard InChI is InChI=1S/C18H23NO/c1-13-12-19-10-9-16(13)17(20)11-14-5-7-15(8-6-14)18(2,3)4/h5-10,12,17,20H,11H2,1-4H3. The maximum absolute atomic E-state index is 10.4. The van der Waals surface area contributed by atoms with Gasteiger partial charge in [0.05, 0.1) is 6.10 Å². The summed E-state index contributed by atoms with van der Waals surface area (Å²) >= 11 is 0. The van der Waals surface area contributed by atoms with Crippen LogP contribution >= 0.6 is 0 Å². The molecule has 0 aliphatic heterocycles. The van der Waals surface area contributed by atoms with E-state index in [9.17, 15) is 5.11 Å². The van der Waals surface area contributed by atoms with Gasteiger partial charge >= 0.3 is 0 Å². The lowest BCUT2D eigenvalue weighted by Gasteiger charge is -2.19.